The van der Waals surface area contributed by atoms with Crippen molar-refractivity contribution in [3.8, 4) is 0 Å². The lowest BCUT2D eigenvalue weighted by Gasteiger charge is -2.25. The summed E-state index contributed by atoms with van der Waals surface area (Å²) in [6, 6.07) is 3.11. The maximum Gasteiger partial charge on any atom is 0.289 e. The molecule has 3 heterocycles. The summed E-state index contributed by atoms with van der Waals surface area (Å²) >= 11 is 1.39. The Balaban J connectivity index is 1.56. The number of rotatable bonds is 3. The Bertz CT molecular complexity index is 685. The minimum atomic E-state index is -0.455. The third-order valence-corrected chi connectivity index (χ3v) is 4.14. The second-order valence-electron chi connectivity index (χ2n) is 4.76. The number of hydrogen-bond donors (Lipinski definition) is 2. The van der Waals surface area contributed by atoms with Crippen molar-refractivity contribution in [1.29, 1.82) is 0 Å². The van der Waals surface area contributed by atoms with Gasteiger partial charge in [-0.25, -0.2) is 4.98 Å². The molecule has 1 saturated heterocycles. The topological polar surface area (TPSA) is 96.5 Å². The zero-order valence-corrected chi connectivity index (χ0v) is 13.0. The van der Waals surface area contributed by atoms with Gasteiger partial charge in [0.1, 0.15) is 5.69 Å². The second-order valence-corrected chi connectivity index (χ2v) is 5.60. The highest BCUT2D eigenvalue weighted by atomic mass is 32.1. The quantitative estimate of drug-likeness (QED) is 0.792. The summed E-state index contributed by atoms with van der Waals surface area (Å²) in [7, 11) is 0. The van der Waals surface area contributed by atoms with Crippen molar-refractivity contribution in [3.05, 3.63) is 41.2 Å². The van der Waals surface area contributed by atoms with Crippen molar-refractivity contribution in [2.75, 3.05) is 31.2 Å². The van der Waals surface area contributed by atoms with Crippen molar-refractivity contribution < 1.29 is 14.3 Å². The van der Waals surface area contributed by atoms with Gasteiger partial charge in [-0.05, 0) is 12.1 Å². The standard InChI is InChI=1S/C14H15N5O3S/c20-12(10-1-3-15-4-2-10)17-18-13(21)11-9-23-14(16-11)19-5-7-22-8-6-19/h1-4,9H,5-8H2,(H,17,20)(H,18,21). The predicted molar refractivity (Wildman–Crippen MR) is 84.3 cm³/mol. The van der Waals surface area contributed by atoms with Gasteiger partial charge >= 0.3 is 0 Å². The van der Waals surface area contributed by atoms with Crippen LogP contribution >= 0.6 is 11.3 Å². The average Bonchev–Trinajstić information content (AvgIpc) is 3.11. The molecule has 1 aliphatic rings. The predicted octanol–water partition coefficient (Wildman–Crippen LogP) is 0.449. The van der Waals surface area contributed by atoms with E-state index in [-0.39, 0.29) is 5.69 Å². The Kier molecular flexibility index (Phi) is 4.79. The van der Waals surface area contributed by atoms with Crippen LogP contribution in [0.15, 0.2) is 29.9 Å². The van der Waals surface area contributed by atoms with Gasteiger partial charge in [0.25, 0.3) is 11.8 Å². The lowest BCUT2D eigenvalue weighted by molar-refractivity contribution is 0.0844. The van der Waals surface area contributed by atoms with Crippen LogP contribution < -0.4 is 15.8 Å². The van der Waals surface area contributed by atoms with Gasteiger partial charge in [0.2, 0.25) is 0 Å². The maximum absolute atomic E-state index is 12.0. The molecule has 1 aliphatic heterocycles. The van der Waals surface area contributed by atoms with E-state index in [4.69, 9.17) is 4.74 Å². The Morgan fingerprint density at radius 3 is 2.57 bits per heavy atom. The third kappa shape index (κ3) is 3.82. The number of carbonyl (C=O) groups excluding carboxylic acids is 2. The van der Waals surface area contributed by atoms with Gasteiger partial charge < -0.3 is 9.64 Å². The van der Waals surface area contributed by atoms with E-state index in [0.29, 0.717) is 18.8 Å². The molecule has 0 spiro atoms. The zero-order chi connectivity index (χ0) is 16.1. The largest absolute Gasteiger partial charge is 0.378 e. The van der Waals surface area contributed by atoms with Crippen LogP contribution in [0.4, 0.5) is 5.13 Å². The molecule has 2 N–H and O–H groups in total. The van der Waals surface area contributed by atoms with E-state index >= 15 is 0 Å². The van der Waals surface area contributed by atoms with Gasteiger partial charge in [0, 0.05) is 36.4 Å². The van der Waals surface area contributed by atoms with Crippen LogP contribution in [0.3, 0.4) is 0 Å². The SMILES string of the molecule is O=C(NNC(=O)c1csc(N2CCOCC2)n1)c1ccncc1. The number of thiazole rings is 1. The van der Waals surface area contributed by atoms with Crippen LogP contribution in [0, 0.1) is 0 Å². The molecule has 2 amide bonds. The van der Waals surface area contributed by atoms with E-state index in [1.54, 1.807) is 17.5 Å². The van der Waals surface area contributed by atoms with Crippen LogP contribution in [0.25, 0.3) is 0 Å². The second kappa shape index (κ2) is 7.16. The summed E-state index contributed by atoms with van der Waals surface area (Å²) in [4.78, 5) is 34.1. The number of aromatic nitrogens is 2. The molecular formula is C14H15N5O3S. The molecular weight excluding hydrogens is 318 g/mol. The Hall–Kier alpha value is -2.52. The third-order valence-electron chi connectivity index (χ3n) is 3.24. The van der Waals surface area contributed by atoms with E-state index in [0.717, 1.165) is 18.2 Å². The lowest BCUT2D eigenvalue weighted by Crippen LogP contribution is -2.41. The highest BCUT2D eigenvalue weighted by Gasteiger charge is 2.17. The van der Waals surface area contributed by atoms with Gasteiger partial charge in [-0.3, -0.25) is 25.4 Å². The van der Waals surface area contributed by atoms with E-state index < -0.39 is 11.8 Å². The van der Waals surface area contributed by atoms with Crippen LogP contribution in [-0.2, 0) is 4.74 Å². The summed E-state index contributed by atoms with van der Waals surface area (Å²) in [5, 5.41) is 2.44. The molecule has 23 heavy (non-hydrogen) atoms. The number of hydrogen-bond acceptors (Lipinski definition) is 7. The fourth-order valence-electron chi connectivity index (χ4n) is 2.02. The number of pyridine rings is 1. The first-order chi connectivity index (χ1) is 11.2. The average molecular weight is 333 g/mol. The van der Waals surface area contributed by atoms with Crippen molar-refractivity contribution in [1.82, 2.24) is 20.8 Å². The minimum absolute atomic E-state index is 0.270. The number of amides is 2. The zero-order valence-electron chi connectivity index (χ0n) is 12.2. The molecule has 2 aromatic heterocycles. The fourth-order valence-corrected chi connectivity index (χ4v) is 2.88. The van der Waals surface area contributed by atoms with Gasteiger partial charge in [-0.1, -0.05) is 0 Å². The molecule has 8 nitrogen and oxygen atoms in total. The highest BCUT2D eigenvalue weighted by molar-refractivity contribution is 7.13. The molecule has 0 radical (unpaired) electrons. The summed E-state index contributed by atoms with van der Waals surface area (Å²) in [6.07, 6.45) is 3.01. The molecule has 2 aromatic rings. The number of hydrazine groups is 1. The molecule has 0 aromatic carbocycles. The Morgan fingerprint density at radius 2 is 1.83 bits per heavy atom. The maximum atomic E-state index is 12.0. The molecule has 0 unspecified atom stereocenters. The number of anilines is 1. The van der Waals surface area contributed by atoms with Gasteiger partial charge in [0.05, 0.1) is 13.2 Å². The van der Waals surface area contributed by atoms with Crippen LogP contribution in [-0.4, -0.2) is 48.1 Å². The van der Waals surface area contributed by atoms with E-state index in [2.05, 4.69) is 25.7 Å². The molecule has 3 rings (SSSR count). The summed E-state index contributed by atoms with van der Waals surface area (Å²) < 4.78 is 5.29. The molecule has 0 saturated carbocycles. The van der Waals surface area contributed by atoms with E-state index in [9.17, 15) is 9.59 Å². The monoisotopic (exact) mass is 333 g/mol. The number of morpholine rings is 1. The molecule has 9 heteroatoms. The van der Waals surface area contributed by atoms with Crippen molar-refractivity contribution in [2.45, 2.75) is 0 Å². The molecule has 0 bridgehead atoms. The Morgan fingerprint density at radius 1 is 1.13 bits per heavy atom. The first kappa shape index (κ1) is 15.4. The minimum Gasteiger partial charge on any atom is -0.378 e. The fraction of sp³-hybridized carbons (Fsp3) is 0.286. The lowest BCUT2D eigenvalue weighted by atomic mass is 10.3. The van der Waals surface area contributed by atoms with Crippen LogP contribution in [0.5, 0.6) is 0 Å². The highest BCUT2D eigenvalue weighted by Crippen LogP contribution is 2.21. The normalized spacial score (nSPS) is 14.3. The molecule has 120 valence electrons. The number of ether oxygens (including phenoxy) is 1. The summed E-state index contributed by atoms with van der Waals surface area (Å²) in [5.74, 6) is -0.868. The number of nitrogens with one attached hydrogen (secondary N) is 2. The van der Waals surface area contributed by atoms with Crippen molar-refractivity contribution in [3.63, 3.8) is 0 Å². The number of nitrogens with zero attached hydrogens (tertiary/aromatic N) is 3. The summed E-state index contributed by atoms with van der Waals surface area (Å²) in [6.45, 7) is 2.83. The van der Waals surface area contributed by atoms with E-state index in [1.165, 1.54) is 23.7 Å². The van der Waals surface area contributed by atoms with E-state index in [1.807, 2.05) is 0 Å². The smallest absolute Gasteiger partial charge is 0.289 e. The molecule has 0 aliphatic carbocycles. The number of carbonyl (C=O) groups is 2. The van der Waals surface area contributed by atoms with Gasteiger partial charge in [-0.2, -0.15) is 0 Å². The van der Waals surface area contributed by atoms with Crippen LogP contribution in [0.2, 0.25) is 0 Å². The first-order valence-corrected chi connectivity index (χ1v) is 7.91. The molecule has 0 atom stereocenters. The first-order valence-electron chi connectivity index (χ1n) is 7.03. The van der Waals surface area contributed by atoms with Gasteiger partial charge in [-0.15, -0.1) is 11.3 Å². The van der Waals surface area contributed by atoms with Crippen molar-refractivity contribution in [2.24, 2.45) is 0 Å². The summed E-state index contributed by atoms with van der Waals surface area (Å²) in [5.41, 5.74) is 5.39. The Labute approximate surface area is 136 Å². The van der Waals surface area contributed by atoms with Gasteiger partial charge in [0.15, 0.2) is 5.13 Å². The molecule has 1 fully saturated rings. The van der Waals surface area contributed by atoms with Crippen LogP contribution in [0.1, 0.15) is 20.8 Å². The van der Waals surface area contributed by atoms with Crippen molar-refractivity contribution >= 4 is 28.3 Å².